The minimum absolute atomic E-state index is 0.0108. The normalized spacial score (nSPS) is 19.6. The minimum atomic E-state index is -0.532. The number of nitrogens with zero attached hydrogens (tertiary/aromatic N) is 2. The number of fused-ring (bicyclic) bond motifs is 3. The van der Waals surface area contributed by atoms with Crippen molar-refractivity contribution in [2.45, 2.75) is 45.8 Å². The number of carbonyl (C=O) groups is 2. The van der Waals surface area contributed by atoms with Crippen molar-refractivity contribution >= 4 is 12.0 Å². The van der Waals surface area contributed by atoms with Gasteiger partial charge in [-0.15, -0.1) is 0 Å². The van der Waals surface area contributed by atoms with Gasteiger partial charge in [0.2, 0.25) is 0 Å². The van der Waals surface area contributed by atoms with Crippen LogP contribution in [0.5, 0.6) is 5.75 Å². The third kappa shape index (κ3) is 3.17. The predicted molar refractivity (Wildman–Crippen MR) is 94.0 cm³/mol. The zero-order chi connectivity index (χ0) is 18.4. The van der Waals surface area contributed by atoms with Gasteiger partial charge < -0.3 is 19.3 Å². The Morgan fingerprint density at radius 2 is 2.00 bits per heavy atom. The molecule has 0 radical (unpaired) electrons. The summed E-state index contributed by atoms with van der Waals surface area (Å²) in [6.45, 7) is 9.07. The molecule has 2 aliphatic heterocycles. The summed E-state index contributed by atoms with van der Waals surface area (Å²) in [7, 11) is 1.59. The molecule has 1 aromatic carbocycles. The smallest absolute Gasteiger partial charge is 0.410 e. The number of amides is 2. The SMILES string of the molecule is CCc1cc(OC)c2c(c1)C1CN(C(=O)OC(C)(C)C)CCN1C2=O. The van der Waals surface area contributed by atoms with Gasteiger partial charge in [0.05, 0.1) is 18.7 Å². The van der Waals surface area contributed by atoms with Crippen LogP contribution in [0, 0.1) is 0 Å². The average Bonchev–Trinajstić information content (AvgIpc) is 2.85. The second kappa shape index (κ2) is 6.24. The quantitative estimate of drug-likeness (QED) is 0.826. The Hall–Kier alpha value is -2.24. The molecule has 1 fully saturated rings. The zero-order valence-electron chi connectivity index (χ0n) is 15.6. The Morgan fingerprint density at radius 3 is 2.60 bits per heavy atom. The Morgan fingerprint density at radius 1 is 1.28 bits per heavy atom. The largest absolute Gasteiger partial charge is 0.496 e. The van der Waals surface area contributed by atoms with E-state index >= 15 is 0 Å². The fraction of sp³-hybridized carbons (Fsp3) is 0.579. The molecule has 3 rings (SSSR count). The number of piperazine rings is 1. The van der Waals surface area contributed by atoms with Crippen LogP contribution in [0.25, 0.3) is 0 Å². The van der Waals surface area contributed by atoms with Crippen LogP contribution in [-0.2, 0) is 11.2 Å². The Bertz CT molecular complexity index is 708. The van der Waals surface area contributed by atoms with Crippen LogP contribution in [0.2, 0.25) is 0 Å². The van der Waals surface area contributed by atoms with Gasteiger partial charge in [-0.2, -0.15) is 0 Å². The number of benzene rings is 1. The summed E-state index contributed by atoms with van der Waals surface area (Å²) in [5.74, 6) is 0.612. The second-order valence-corrected chi connectivity index (χ2v) is 7.56. The van der Waals surface area contributed by atoms with E-state index in [-0.39, 0.29) is 18.0 Å². The molecule has 2 aliphatic rings. The van der Waals surface area contributed by atoms with Crippen LogP contribution in [0.1, 0.15) is 55.2 Å². The third-order valence-corrected chi connectivity index (χ3v) is 4.69. The molecular formula is C19H26N2O4. The van der Waals surface area contributed by atoms with E-state index in [1.807, 2.05) is 31.7 Å². The van der Waals surface area contributed by atoms with E-state index in [1.165, 1.54) is 0 Å². The highest BCUT2D eigenvalue weighted by molar-refractivity contribution is 6.02. The van der Waals surface area contributed by atoms with Crippen LogP contribution in [0.4, 0.5) is 4.79 Å². The van der Waals surface area contributed by atoms with E-state index < -0.39 is 5.60 Å². The molecule has 0 aliphatic carbocycles. The lowest BCUT2D eigenvalue weighted by atomic mass is 9.98. The van der Waals surface area contributed by atoms with Gasteiger partial charge in [0.15, 0.2) is 0 Å². The molecule has 6 nitrogen and oxygen atoms in total. The first-order valence-corrected chi connectivity index (χ1v) is 8.75. The Labute approximate surface area is 148 Å². The highest BCUT2D eigenvalue weighted by atomic mass is 16.6. The van der Waals surface area contributed by atoms with E-state index in [4.69, 9.17) is 9.47 Å². The van der Waals surface area contributed by atoms with E-state index in [2.05, 4.69) is 13.0 Å². The first kappa shape index (κ1) is 17.6. The van der Waals surface area contributed by atoms with Crippen LogP contribution >= 0.6 is 0 Å². The van der Waals surface area contributed by atoms with Crippen LogP contribution in [0.15, 0.2) is 12.1 Å². The molecule has 0 bridgehead atoms. The highest BCUT2D eigenvalue weighted by Gasteiger charge is 2.43. The van der Waals surface area contributed by atoms with E-state index in [9.17, 15) is 9.59 Å². The van der Waals surface area contributed by atoms with E-state index in [1.54, 1.807) is 12.0 Å². The van der Waals surface area contributed by atoms with Gasteiger partial charge in [-0.05, 0) is 44.4 Å². The lowest BCUT2D eigenvalue weighted by Gasteiger charge is -2.38. The minimum Gasteiger partial charge on any atom is -0.496 e. The zero-order valence-corrected chi connectivity index (χ0v) is 15.6. The Balaban J connectivity index is 1.91. The summed E-state index contributed by atoms with van der Waals surface area (Å²) in [5.41, 5.74) is 2.18. The number of carbonyl (C=O) groups excluding carboxylic acids is 2. The predicted octanol–water partition coefficient (Wildman–Crippen LogP) is 3.01. The molecular weight excluding hydrogens is 320 g/mol. The van der Waals surface area contributed by atoms with Gasteiger partial charge in [-0.25, -0.2) is 4.79 Å². The first-order chi connectivity index (χ1) is 11.7. The van der Waals surface area contributed by atoms with E-state index in [0.29, 0.717) is 30.9 Å². The molecule has 6 heteroatoms. The number of ether oxygens (including phenoxy) is 2. The number of hydrogen-bond donors (Lipinski definition) is 0. The molecule has 0 N–H and O–H groups in total. The monoisotopic (exact) mass is 346 g/mol. The average molecular weight is 346 g/mol. The molecule has 0 spiro atoms. The lowest BCUT2D eigenvalue weighted by molar-refractivity contribution is 0.00656. The lowest BCUT2D eigenvalue weighted by Crippen LogP contribution is -2.50. The molecule has 25 heavy (non-hydrogen) atoms. The molecule has 1 unspecified atom stereocenters. The van der Waals surface area contributed by atoms with Crippen molar-refractivity contribution in [3.63, 3.8) is 0 Å². The van der Waals surface area contributed by atoms with Crippen LogP contribution in [0.3, 0.4) is 0 Å². The van der Waals surface area contributed by atoms with Gasteiger partial charge in [-0.3, -0.25) is 4.79 Å². The van der Waals surface area contributed by atoms with Gasteiger partial charge in [0.1, 0.15) is 11.4 Å². The van der Waals surface area contributed by atoms with Gasteiger partial charge in [0, 0.05) is 19.6 Å². The topological polar surface area (TPSA) is 59.1 Å². The van der Waals surface area contributed by atoms with Crippen molar-refractivity contribution in [1.29, 1.82) is 0 Å². The van der Waals surface area contributed by atoms with Crippen molar-refractivity contribution in [3.05, 3.63) is 28.8 Å². The number of hydrogen-bond acceptors (Lipinski definition) is 4. The van der Waals surface area contributed by atoms with Gasteiger partial charge in [0.25, 0.3) is 5.91 Å². The maximum absolute atomic E-state index is 12.8. The molecule has 1 saturated heterocycles. The molecule has 0 aromatic heterocycles. The summed E-state index contributed by atoms with van der Waals surface area (Å²) in [6, 6.07) is 3.86. The molecule has 0 saturated carbocycles. The van der Waals surface area contributed by atoms with E-state index in [0.717, 1.165) is 17.5 Å². The molecule has 1 aromatic rings. The molecule has 1 atom stereocenters. The molecule has 2 heterocycles. The van der Waals surface area contributed by atoms with Crippen molar-refractivity contribution in [2.24, 2.45) is 0 Å². The fourth-order valence-electron chi connectivity index (χ4n) is 3.48. The maximum atomic E-state index is 12.8. The highest BCUT2D eigenvalue weighted by Crippen LogP contribution is 2.41. The van der Waals surface area contributed by atoms with Crippen LogP contribution in [-0.4, -0.2) is 54.1 Å². The van der Waals surface area contributed by atoms with Crippen molar-refractivity contribution in [2.75, 3.05) is 26.7 Å². The summed E-state index contributed by atoms with van der Waals surface area (Å²) < 4.78 is 11.0. The van der Waals surface area contributed by atoms with Crippen molar-refractivity contribution < 1.29 is 19.1 Å². The Kier molecular flexibility index (Phi) is 4.39. The second-order valence-electron chi connectivity index (χ2n) is 7.56. The number of aryl methyl sites for hydroxylation is 1. The fourth-order valence-corrected chi connectivity index (χ4v) is 3.48. The summed E-state index contributed by atoms with van der Waals surface area (Å²) >= 11 is 0. The molecule has 2 amide bonds. The van der Waals surface area contributed by atoms with Crippen molar-refractivity contribution in [3.8, 4) is 5.75 Å². The summed E-state index contributed by atoms with van der Waals surface area (Å²) in [5, 5.41) is 0. The van der Waals surface area contributed by atoms with Gasteiger partial charge >= 0.3 is 6.09 Å². The van der Waals surface area contributed by atoms with Crippen molar-refractivity contribution in [1.82, 2.24) is 9.80 Å². The first-order valence-electron chi connectivity index (χ1n) is 8.75. The number of rotatable bonds is 2. The third-order valence-electron chi connectivity index (χ3n) is 4.69. The maximum Gasteiger partial charge on any atom is 0.410 e. The summed E-state index contributed by atoms with van der Waals surface area (Å²) in [4.78, 5) is 28.8. The van der Waals surface area contributed by atoms with Gasteiger partial charge in [-0.1, -0.05) is 13.0 Å². The molecule has 136 valence electrons. The summed E-state index contributed by atoms with van der Waals surface area (Å²) in [6.07, 6.45) is 0.534. The standard InChI is InChI=1S/C19H26N2O4/c1-6-12-9-13-14-11-20(18(23)25-19(2,3)4)7-8-21(14)17(22)16(13)15(10-12)24-5/h9-10,14H,6-8,11H2,1-5H3. The number of methoxy groups -OCH3 is 1. The van der Waals surface area contributed by atoms with Crippen LogP contribution < -0.4 is 4.74 Å².